The maximum Gasteiger partial charge on any atom is 0.272 e. The summed E-state index contributed by atoms with van der Waals surface area (Å²) in [5, 5.41) is 16.2. The molecule has 0 fully saturated rings. The van der Waals surface area contributed by atoms with E-state index in [1.807, 2.05) is 0 Å². The molecule has 0 radical (unpaired) electrons. The Hall–Kier alpha value is -4.18. The largest absolute Gasteiger partial charge is 0.454 e. The summed E-state index contributed by atoms with van der Waals surface area (Å²) in [6.45, 7) is 0.0986. The van der Waals surface area contributed by atoms with Gasteiger partial charge in [-0.05, 0) is 57.9 Å². The number of nitro groups is 1. The molecule has 9 nitrogen and oxygen atoms in total. The Labute approximate surface area is 196 Å². The number of benzene rings is 3. The van der Waals surface area contributed by atoms with Crippen LogP contribution in [0.1, 0.15) is 15.9 Å². The first kappa shape index (κ1) is 22.0. The molecule has 166 valence electrons. The molecule has 0 saturated carbocycles. The molecular weight excluding hydrogens is 494 g/mol. The molecule has 2 N–H and O–H groups in total. The van der Waals surface area contributed by atoms with Crippen molar-refractivity contribution < 1.29 is 24.0 Å². The molecule has 0 aliphatic carbocycles. The maximum atomic E-state index is 13.1. The number of anilines is 1. The summed E-state index contributed by atoms with van der Waals surface area (Å²) in [5.41, 5.74) is 0.876. The smallest absolute Gasteiger partial charge is 0.272 e. The minimum atomic E-state index is -0.659. The Morgan fingerprint density at radius 2 is 1.79 bits per heavy atom. The van der Waals surface area contributed by atoms with Crippen LogP contribution in [-0.4, -0.2) is 23.5 Å². The third-order valence-corrected chi connectivity index (χ3v) is 5.33. The summed E-state index contributed by atoms with van der Waals surface area (Å²) in [4.78, 5) is 36.4. The van der Waals surface area contributed by atoms with Gasteiger partial charge in [0, 0.05) is 22.3 Å². The lowest BCUT2D eigenvalue weighted by molar-refractivity contribution is -0.384. The van der Waals surface area contributed by atoms with Gasteiger partial charge in [-0.3, -0.25) is 19.7 Å². The van der Waals surface area contributed by atoms with Crippen molar-refractivity contribution in [2.24, 2.45) is 0 Å². The Morgan fingerprint density at radius 1 is 1.00 bits per heavy atom. The van der Waals surface area contributed by atoms with E-state index in [1.54, 1.807) is 42.5 Å². The standard InChI is InChI=1S/C23H16BrN3O6/c24-18-7-2-1-6-17(18)22(28)26-19(10-14-8-9-20-21(11-14)33-13-32-20)23(29)25-15-4-3-5-16(12-15)27(30)31/h1-12H,13H2,(H,25,29)(H,26,28). The maximum absolute atomic E-state index is 13.1. The molecule has 0 atom stereocenters. The lowest BCUT2D eigenvalue weighted by Crippen LogP contribution is -2.31. The van der Waals surface area contributed by atoms with Crippen LogP contribution in [0.2, 0.25) is 0 Å². The molecule has 3 aromatic rings. The molecule has 0 aromatic heterocycles. The summed E-state index contributed by atoms with van der Waals surface area (Å²) >= 11 is 3.32. The number of non-ortho nitro benzene ring substituents is 1. The van der Waals surface area contributed by atoms with Crippen LogP contribution in [0, 0.1) is 10.1 Å². The quantitative estimate of drug-likeness (QED) is 0.287. The SMILES string of the molecule is O=C(Nc1cccc([N+](=O)[O-])c1)C(=Cc1ccc2c(c1)OCO2)NC(=O)c1ccccc1Br. The van der Waals surface area contributed by atoms with Crippen LogP contribution >= 0.6 is 15.9 Å². The number of carbonyl (C=O) groups is 2. The van der Waals surface area contributed by atoms with Gasteiger partial charge in [0.05, 0.1) is 10.5 Å². The number of amides is 2. The average Bonchev–Trinajstić information content (AvgIpc) is 3.27. The minimum Gasteiger partial charge on any atom is -0.454 e. The van der Waals surface area contributed by atoms with Crippen LogP contribution < -0.4 is 20.1 Å². The fourth-order valence-electron chi connectivity index (χ4n) is 3.06. The Morgan fingerprint density at radius 3 is 2.58 bits per heavy atom. The van der Waals surface area contributed by atoms with Gasteiger partial charge in [0.15, 0.2) is 11.5 Å². The minimum absolute atomic E-state index is 0.0684. The Kier molecular flexibility index (Phi) is 6.36. The van der Waals surface area contributed by atoms with Gasteiger partial charge in [-0.15, -0.1) is 0 Å². The van der Waals surface area contributed by atoms with Crippen LogP contribution in [0.4, 0.5) is 11.4 Å². The van der Waals surface area contributed by atoms with Crippen molar-refractivity contribution in [2.45, 2.75) is 0 Å². The lowest BCUT2D eigenvalue weighted by atomic mass is 10.1. The number of ether oxygens (including phenoxy) is 2. The topological polar surface area (TPSA) is 120 Å². The van der Waals surface area contributed by atoms with E-state index >= 15 is 0 Å². The van der Waals surface area contributed by atoms with Gasteiger partial charge < -0.3 is 20.1 Å². The summed E-state index contributed by atoms with van der Waals surface area (Å²) in [7, 11) is 0. The van der Waals surface area contributed by atoms with E-state index in [4.69, 9.17) is 9.47 Å². The average molecular weight is 510 g/mol. The zero-order valence-corrected chi connectivity index (χ0v) is 18.5. The molecule has 1 aliphatic heterocycles. The molecule has 2 amide bonds. The fourth-order valence-corrected chi connectivity index (χ4v) is 3.52. The summed E-state index contributed by atoms with van der Waals surface area (Å²) in [6.07, 6.45) is 1.48. The zero-order chi connectivity index (χ0) is 23.4. The van der Waals surface area contributed by atoms with Gasteiger partial charge in [0.1, 0.15) is 5.70 Å². The molecule has 33 heavy (non-hydrogen) atoms. The molecule has 4 rings (SSSR count). The van der Waals surface area contributed by atoms with Gasteiger partial charge in [-0.2, -0.15) is 0 Å². The van der Waals surface area contributed by atoms with Gasteiger partial charge in [-0.1, -0.05) is 24.3 Å². The van der Waals surface area contributed by atoms with E-state index in [9.17, 15) is 19.7 Å². The first-order chi connectivity index (χ1) is 15.9. The molecule has 0 bridgehead atoms. The normalized spacial score (nSPS) is 12.2. The Balaban J connectivity index is 1.65. The molecule has 0 spiro atoms. The Bertz CT molecular complexity index is 1290. The van der Waals surface area contributed by atoms with E-state index in [2.05, 4.69) is 26.6 Å². The summed E-state index contributed by atoms with van der Waals surface area (Å²) in [6, 6.07) is 17.4. The highest BCUT2D eigenvalue weighted by Gasteiger charge is 2.19. The summed E-state index contributed by atoms with van der Waals surface area (Å²) < 4.78 is 11.2. The van der Waals surface area contributed by atoms with Crippen LogP contribution in [0.15, 0.2) is 76.9 Å². The van der Waals surface area contributed by atoms with Gasteiger partial charge in [0.25, 0.3) is 17.5 Å². The molecule has 1 aliphatic rings. The predicted molar refractivity (Wildman–Crippen MR) is 124 cm³/mol. The number of rotatable bonds is 6. The number of nitrogens with one attached hydrogen (secondary N) is 2. The van der Waals surface area contributed by atoms with E-state index in [1.165, 1.54) is 30.3 Å². The second-order valence-corrected chi connectivity index (χ2v) is 7.72. The zero-order valence-electron chi connectivity index (χ0n) is 16.9. The van der Waals surface area contributed by atoms with Gasteiger partial charge in [-0.25, -0.2) is 0 Å². The summed E-state index contributed by atoms with van der Waals surface area (Å²) in [5.74, 6) is -0.0800. The number of hydrogen-bond donors (Lipinski definition) is 2. The lowest BCUT2D eigenvalue weighted by Gasteiger charge is -2.12. The molecule has 1 heterocycles. The molecule has 0 saturated heterocycles. The van der Waals surface area contributed by atoms with Gasteiger partial charge >= 0.3 is 0 Å². The van der Waals surface area contributed by atoms with Crippen molar-refractivity contribution in [3.8, 4) is 11.5 Å². The highest BCUT2D eigenvalue weighted by molar-refractivity contribution is 9.10. The van der Waals surface area contributed by atoms with Crippen LogP contribution in [-0.2, 0) is 4.79 Å². The first-order valence-corrected chi connectivity index (χ1v) is 10.4. The third kappa shape index (κ3) is 5.18. The van der Waals surface area contributed by atoms with Crippen molar-refractivity contribution in [3.63, 3.8) is 0 Å². The fraction of sp³-hybridized carbons (Fsp3) is 0.0435. The number of fused-ring (bicyclic) bond motifs is 1. The molecule has 3 aromatic carbocycles. The van der Waals surface area contributed by atoms with Crippen LogP contribution in [0.5, 0.6) is 11.5 Å². The highest BCUT2D eigenvalue weighted by Crippen LogP contribution is 2.33. The van der Waals surface area contributed by atoms with Crippen LogP contribution in [0.25, 0.3) is 6.08 Å². The van der Waals surface area contributed by atoms with Crippen molar-refractivity contribution in [1.29, 1.82) is 0 Å². The van der Waals surface area contributed by atoms with Gasteiger partial charge in [0.2, 0.25) is 6.79 Å². The van der Waals surface area contributed by atoms with E-state index in [-0.39, 0.29) is 23.9 Å². The van der Waals surface area contributed by atoms with Crippen molar-refractivity contribution in [1.82, 2.24) is 5.32 Å². The molecule has 10 heteroatoms. The van der Waals surface area contributed by atoms with Crippen LogP contribution in [0.3, 0.4) is 0 Å². The number of halogens is 1. The van der Waals surface area contributed by atoms with Crippen molar-refractivity contribution >= 4 is 45.2 Å². The molecular formula is C23H16BrN3O6. The third-order valence-electron chi connectivity index (χ3n) is 4.63. The molecule has 0 unspecified atom stereocenters. The highest BCUT2D eigenvalue weighted by atomic mass is 79.9. The second kappa shape index (κ2) is 9.53. The number of hydrogen-bond acceptors (Lipinski definition) is 6. The number of nitrogens with zero attached hydrogens (tertiary/aromatic N) is 1. The van der Waals surface area contributed by atoms with E-state index in [0.717, 1.165) is 0 Å². The second-order valence-electron chi connectivity index (χ2n) is 6.87. The first-order valence-electron chi connectivity index (χ1n) is 9.64. The number of nitro benzene ring substituents is 1. The predicted octanol–water partition coefficient (Wildman–Crippen LogP) is 4.50. The van der Waals surface area contributed by atoms with Crippen molar-refractivity contribution in [2.75, 3.05) is 12.1 Å². The monoisotopic (exact) mass is 509 g/mol. The van der Waals surface area contributed by atoms with Crippen molar-refractivity contribution in [3.05, 3.63) is 98.1 Å². The number of carbonyl (C=O) groups excluding carboxylic acids is 2. The van der Waals surface area contributed by atoms with E-state index < -0.39 is 16.7 Å². The van der Waals surface area contributed by atoms with E-state index in [0.29, 0.717) is 27.1 Å².